The van der Waals surface area contributed by atoms with Gasteiger partial charge in [-0.2, -0.15) is 0 Å². The van der Waals surface area contributed by atoms with Crippen LogP contribution in [0.1, 0.15) is 30.9 Å². The number of carbonyl (C=O) groups is 1. The topological polar surface area (TPSA) is 53.2 Å². The zero-order valence-corrected chi connectivity index (χ0v) is 14.6. The molecule has 5 heteroatoms. The summed E-state index contributed by atoms with van der Waals surface area (Å²) in [5, 5.41) is 3.35. The molecule has 0 saturated carbocycles. The van der Waals surface area contributed by atoms with E-state index in [0.29, 0.717) is 11.0 Å². The van der Waals surface area contributed by atoms with Crippen LogP contribution in [0.4, 0.5) is 5.69 Å². The lowest BCUT2D eigenvalue weighted by molar-refractivity contribution is -0.116. The number of anilines is 1. The number of hydrogen-bond donors (Lipinski definition) is 3. The van der Waals surface area contributed by atoms with Gasteiger partial charge >= 0.3 is 0 Å². The molecule has 0 bridgehead atoms. The molecule has 24 heavy (non-hydrogen) atoms. The lowest BCUT2D eigenvalue weighted by atomic mass is 10.0. The summed E-state index contributed by atoms with van der Waals surface area (Å²) in [5.41, 5.74) is 8.28. The zero-order valence-electron chi connectivity index (χ0n) is 13.7. The molecule has 2 aromatic carbocycles. The van der Waals surface area contributed by atoms with Gasteiger partial charge in [0, 0.05) is 11.8 Å². The highest BCUT2D eigenvalue weighted by atomic mass is 32.1. The van der Waals surface area contributed by atoms with Gasteiger partial charge < -0.3 is 5.32 Å². The van der Waals surface area contributed by atoms with Crippen molar-refractivity contribution >= 4 is 35.0 Å². The van der Waals surface area contributed by atoms with E-state index < -0.39 is 0 Å². The van der Waals surface area contributed by atoms with Crippen molar-refractivity contribution in [2.75, 3.05) is 5.32 Å². The molecule has 4 nitrogen and oxygen atoms in total. The Bertz CT molecular complexity index is 709. The summed E-state index contributed by atoms with van der Waals surface area (Å²) in [7, 11) is 0. The minimum Gasteiger partial charge on any atom is -0.331 e. The van der Waals surface area contributed by atoms with Crippen molar-refractivity contribution in [1.82, 2.24) is 10.9 Å². The monoisotopic (exact) mass is 339 g/mol. The van der Waals surface area contributed by atoms with E-state index in [9.17, 15) is 4.79 Å². The Balaban J connectivity index is 1.78. The van der Waals surface area contributed by atoms with Crippen LogP contribution in [-0.4, -0.2) is 11.0 Å². The molecule has 0 spiro atoms. The summed E-state index contributed by atoms with van der Waals surface area (Å²) in [4.78, 5) is 11.7. The van der Waals surface area contributed by atoms with Gasteiger partial charge in [-0.15, -0.1) is 0 Å². The van der Waals surface area contributed by atoms with Crippen molar-refractivity contribution in [3.05, 3.63) is 71.8 Å². The quantitative estimate of drug-likeness (QED) is 0.450. The number of thiocarbonyl (C=S) groups is 1. The maximum atomic E-state index is 11.7. The molecule has 2 aromatic rings. The molecule has 1 amide bonds. The van der Waals surface area contributed by atoms with Crippen molar-refractivity contribution in [2.45, 2.75) is 19.8 Å². The Kier molecular flexibility index (Phi) is 6.51. The fourth-order valence-electron chi connectivity index (χ4n) is 2.01. The molecule has 0 saturated heterocycles. The van der Waals surface area contributed by atoms with Crippen LogP contribution in [0.25, 0.3) is 6.08 Å². The first kappa shape index (κ1) is 17.7. The molecule has 0 aliphatic rings. The van der Waals surface area contributed by atoms with Crippen LogP contribution < -0.4 is 16.2 Å². The Morgan fingerprint density at radius 3 is 2.29 bits per heavy atom. The highest BCUT2D eigenvalue weighted by molar-refractivity contribution is 7.80. The van der Waals surface area contributed by atoms with Gasteiger partial charge in [0.2, 0.25) is 0 Å². The molecule has 124 valence electrons. The molecular formula is C19H21N3OS. The van der Waals surface area contributed by atoms with E-state index in [1.165, 1.54) is 11.6 Å². The third-order valence-corrected chi connectivity index (χ3v) is 3.57. The largest absolute Gasteiger partial charge is 0.331 e. The molecule has 0 radical (unpaired) electrons. The number of nitrogens with one attached hydrogen (secondary N) is 3. The summed E-state index contributed by atoms with van der Waals surface area (Å²) in [6.07, 6.45) is 3.18. The van der Waals surface area contributed by atoms with Crippen LogP contribution in [-0.2, 0) is 4.79 Å². The van der Waals surface area contributed by atoms with E-state index in [4.69, 9.17) is 12.2 Å². The van der Waals surface area contributed by atoms with Gasteiger partial charge in [0.15, 0.2) is 5.11 Å². The highest BCUT2D eigenvalue weighted by Crippen LogP contribution is 2.16. The molecule has 0 heterocycles. The molecule has 0 aliphatic carbocycles. The van der Waals surface area contributed by atoms with Crippen LogP contribution in [0.2, 0.25) is 0 Å². The second kappa shape index (κ2) is 8.84. The number of hydrogen-bond acceptors (Lipinski definition) is 2. The fourth-order valence-corrected chi connectivity index (χ4v) is 2.18. The SMILES string of the molecule is CC(C)c1ccc(NC(=S)NNC(=O)/C=C/c2ccccc2)cc1. The predicted octanol–water partition coefficient (Wildman–Crippen LogP) is 3.84. The number of hydrazine groups is 1. The Hall–Kier alpha value is -2.66. The van der Waals surface area contributed by atoms with E-state index in [-0.39, 0.29) is 5.91 Å². The zero-order chi connectivity index (χ0) is 17.4. The Labute approximate surface area is 147 Å². The average Bonchev–Trinajstić information content (AvgIpc) is 2.59. The minimum absolute atomic E-state index is 0.279. The van der Waals surface area contributed by atoms with Crippen molar-refractivity contribution in [1.29, 1.82) is 0 Å². The first-order valence-electron chi connectivity index (χ1n) is 7.74. The van der Waals surface area contributed by atoms with Crippen LogP contribution in [0.15, 0.2) is 60.7 Å². The number of benzene rings is 2. The van der Waals surface area contributed by atoms with Gasteiger partial charge in [0.1, 0.15) is 0 Å². The van der Waals surface area contributed by atoms with Gasteiger partial charge in [0.25, 0.3) is 5.91 Å². The molecule has 0 fully saturated rings. The summed E-state index contributed by atoms with van der Waals surface area (Å²) < 4.78 is 0. The van der Waals surface area contributed by atoms with Crippen LogP contribution in [0.3, 0.4) is 0 Å². The Morgan fingerprint density at radius 2 is 1.67 bits per heavy atom. The summed E-state index contributed by atoms with van der Waals surface area (Å²) in [6, 6.07) is 17.6. The van der Waals surface area contributed by atoms with Crippen LogP contribution in [0.5, 0.6) is 0 Å². The van der Waals surface area contributed by atoms with Gasteiger partial charge in [-0.25, -0.2) is 0 Å². The Morgan fingerprint density at radius 1 is 1.00 bits per heavy atom. The highest BCUT2D eigenvalue weighted by Gasteiger charge is 2.01. The molecule has 0 atom stereocenters. The molecule has 0 aromatic heterocycles. The second-order valence-electron chi connectivity index (χ2n) is 5.59. The van der Waals surface area contributed by atoms with Gasteiger partial charge in [-0.1, -0.05) is 56.3 Å². The first-order valence-corrected chi connectivity index (χ1v) is 8.15. The average molecular weight is 339 g/mol. The second-order valence-corrected chi connectivity index (χ2v) is 6.00. The lowest BCUT2D eigenvalue weighted by Crippen LogP contribution is -2.43. The summed E-state index contributed by atoms with van der Waals surface area (Å²) in [5.74, 6) is 0.206. The standard InChI is InChI=1S/C19H21N3OS/c1-14(2)16-9-11-17(12-10-16)20-19(24)22-21-18(23)13-8-15-6-4-3-5-7-15/h3-14H,1-2H3,(H,21,23)(H2,20,22,24)/b13-8+. The third-order valence-electron chi connectivity index (χ3n) is 3.36. The lowest BCUT2D eigenvalue weighted by Gasteiger charge is -2.11. The van der Waals surface area contributed by atoms with E-state index in [1.54, 1.807) is 6.08 Å². The maximum Gasteiger partial charge on any atom is 0.262 e. The van der Waals surface area contributed by atoms with Crippen molar-refractivity contribution < 1.29 is 4.79 Å². The number of amides is 1. The molecule has 0 aliphatic heterocycles. The maximum absolute atomic E-state index is 11.7. The molecule has 0 unspecified atom stereocenters. The van der Waals surface area contributed by atoms with E-state index in [1.807, 2.05) is 42.5 Å². The van der Waals surface area contributed by atoms with Gasteiger partial charge in [-0.3, -0.25) is 15.6 Å². The summed E-state index contributed by atoms with van der Waals surface area (Å²) >= 11 is 5.16. The van der Waals surface area contributed by atoms with Crippen LogP contribution >= 0.6 is 12.2 Å². The van der Waals surface area contributed by atoms with E-state index in [0.717, 1.165) is 11.3 Å². The normalized spacial score (nSPS) is 10.6. The molecule has 2 rings (SSSR count). The third kappa shape index (κ3) is 5.85. The first-order chi connectivity index (χ1) is 11.5. The van der Waals surface area contributed by atoms with Crippen molar-refractivity contribution in [3.63, 3.8) is 0 Å². The smallest absolute Gasteiger partial charge is 0.262 e. The van der Waals surface area contributed by atoms with Crippen molar-refractivity contribution in [3.8, 4) is 0 Å². The summed E-state index contributed by atoms with van der Waals surface area (Å²) in [6.45, 7) is 4.29. The van der Waals surface area contributed by atoms with Crippen LogP contribution in [0, 0.1) is 0 Å². The minimum atomic E-state index is -0.279. The van der Waals surface area contributed by atoms with E-state index >= 15 is 0 Å². The van der Waals surface area contributed by atoms with E-state index in [2.05, 4.69) is 42.1 Å². The fraction of sp³-hybridized carbons (Fsp3) is 0.158. The van der Waals surface area contributed by atoms with Gasteiger partial charge in [0.05, 0.1) is 0 Å². The van der Waals surface area contributed by atoms with Gasteiger partial charge in [-0.05, 0) is 47.5 Å². The molecular weight excluding hydrogens is 318 g/mol. The number of rotatable bonds is 4. The number of carbonyl (C=O) groups excluding carboxylic acids is 1. The molecule has 3 N–H and O–H groups in total. The van der Waals surface area contributed by atoms with Crippen molar-refractivity contribution in [2.24, 2.45) is 0 Å². The predicted molar refractivity (Wildman–Crippen MR) is 104 cm³/mol.